The van der Waals surface area contributed by atoms with E-state index in [1.807, 2.05) is 0 Å². The molecule has 0 aliphatic carbocycles. The molecule has 9 heteroatoms. The highest BCUT2D eigenvalue weighted by Crippen LogP contribution is 2.26. The van der Waals surface area contributed by atoms with E-state index in [0.29, 0.717) is 16.4 Å². The van der Waals surface area contributed by atoms with Crippen LogP contribution in [0.4, 0.5) is 10.8 Å². The number of non-ortho nitro benzene ring substituents is 1. The molecule has 2 aromatic rings. The summed E-state index contributed by atoms with van der Waals surface area (Å²) in [5.74, 6) is -1.83. The van der Waals surface area contributed by atoms with Crippen molar-refractivity contribution >= 4 is 34.0 Å². The maximum atomic E-state index is 11.4. The number of carbonyl (C=O) groups excluding carboxylic acids is 1. The second-order valence-electron chi connectivity index (χ2n) is 4.00. The van der Waals surface area contributed by atoms with Crippen LogP contribution in [-0.2, 0) is 9.59 Å². The predicted molar refractivity (Wildman–Crippen MR) is 79.6 cm³/mol. The summed E-state index contributed by atoms with van der Waals surface area (Å²) < 4.78 is 0. The number of benzene rings is 1. The fourth-order valence-corrected chi connectivity index (χ4v) is 2.23. The SMILES string of the molecule is O=C(O)C=CC(=O)Nc1nc(-c2ccc([N+](=O)[O-])cc2)cs1. The summed E-state index contributed by atoms with van der Waals surface area (Å²) >= 11 is 1.16. The lowest BCUT2D eigenvalue weighted by molar-refractivity contribution is -0.384. The number of nitrogens with one attached hydrogen (secondary N) is 1. The van der Waals surface area contributed by atoms with Gasteiger partial charge in [0.15, 0.2) is 5.13 Å². The minimum atomic E-state index is -1.22. The third-order valence-electron chi connectivity index (χ3n) is 2.49. The van der Waals surface area contributed by atoms with Crippen LogP contribution in [-0.4, -0.2) is 26.9 Å². The molecule has 0 aliphatic rings. The lowest BCUT2D eigenvalue weighted by atomic mass is 10.1. The first-order chi connectivity index (χ1) is 10.5. The van der Waals surface area contributed by atoms with Crippen molar-refractivity contribution in [1.29, 1.82) is 0 Å². The molecule has 0 fully saturated rings. The summed E-state index contributed by atoms with van der Waals surface area (Å²) in [6.07, 6.45) is 1.61. The number of thiazole rings is 1. The Hall–Kier alpha value is -3.07. The maximum absolute atomic E-state index is 11.4. The van der Waals surface area contributed by atoms with E-state index >= 15 is 0 Å². The van der Waals surface area contributed by atoms with Gasteiger partial charge in [0.1, 0.15) is 0 Å². The van der Waals surface area contributed by atoms with Gasteiger partial charge in [0.25, 0.3) is 5.69 Å². The van der Waals surface area contributed by atoms with Crippen LogP contribution in [0.5, 0.6) is 0 Å². The van der Waals surface area contributed by atoms with Crippen molar-refractivity contribution in [2.24, 2.45) is 0 Å². The average Bonchev–Trinajstić information content (AvgIpc) is 2.93. The van der Waals surface area contributed by atoms with Crippen LogP contribution < -0.4 is 5.32 Å². The van der Waals surface area contributed by atoms with E-state index in [0.717, 1.165) is 23.5 Å². The van der Waals surface area contributed by atoms with Gasteiger partial charge in [-0.25, -0.2) is 9.78 Å². The Morgan fingerprint density at radius 1 is 1.27 bits per heavy atom. The number of nitro groups is 1. The van der Waals surface area contributed by atoms with Gasteiger partial charge in [0, 0.05) is 35.2 Å². The molecule has 0 spiro atoms. The van der Waals surface area contributed by atoms with E-state index < -0.39 is 16.8 Å². The number of amides is 1. The number of nitrogens with zero attached hydrogens (tertiary/aromatic N) is 2. The molecule has 1 aromatic carbocycles. The van der Waals surface area contributed by atoms with Gasteiger partial charge in [-0.1, -0.05) is 0 Å². The number of aromatic nitrogens is 1. The molecule has 2 N–H and O–H groups in total. The highest BCUT2D eigenvalue weighted by Gasteiger charge is 2.09. The van der Waals surface area contributed by atoms with Gasteiger partial charge in [-0.15, -0.1) is 11.3 Å². The number of aliphatic carboxylic acids is 1. The van der Waals surface area contributed by atoms with E-state index in [1.54, 1.807) is 17.5 Å². The third-order valence-corrected chi connectivity index (χ3v) is 3.24. The van der Waals surface area contributed by atoms with Gasteiger partial charge in [-0.2, -0.15) is 0 Å². The van der Waals surface area contributed by atoms with Gasteiger partial charge < -0.3 is 5.11 Å². The number of hydrogen-bond donors (Lipinski definition) is 2. The van der Waals surface area contributed by atoms with Crippen molar-refractivity contribution in [3.05, 3.63) is 51.9 Å². The van der Waals surface area contributed by atoms with E-state index in [2.05, 4.69) is 10.3 Å². The highest BCUT2D eigenvalue weighted by molar-refractivity contribution is 7.14. The van der Waals surface area contributed by atoms with Crippen LogP contribution in [0, 0.1) is 10.1 Å². The third kappa shape index (κ3) is 3.96. The molecular weight excluding hydrogens is 310 g/mol. The molecule has 1 amide bonds. The van der Waals surface area contributed by atoms with Crippen LogP contribution in [0.2, 0.25) is 0 Å². The van der Waals surface area contributed by atoms with Crippen LogP contribution in [0.25, 0.3) is 11.3 Å². The topological polar surface area (TPSA) is 122 Å². The Morgan fingerprint density at radius 3 is 2.55 bits per heavy atom. The molecule has 0 radical (unpaired) electrons. The fraction of sp³-hybridized carbons (Fsp3) is 0. The van der Waals surface area contributed by atoms with Gasteiger partial charge in [-0.05, 0) is 12.1 Å². The summed E-state index contributed by atoms with van der Waals surface area (Å²) in [5, 5.41) is 23.4. The number of hydrogen-bond acceptors (Lipinski definition) is 6. The van der Waals surface area contributed by atoms with Gasteiger partial charge in [0.2, 0.25) is 5.91 Å². The monoisotopic (exact) mass is 319 g/mol. The van der Waals surface area contributed by atoms with Crippen LogP contribution in [0.15, 0.2) is 41.8 Å². The molecule has 2 rings (SSSR count). The second-order valence-corrected chi connectivity index (χ2v) is 4.86. The molecular formula is C13H9N3O5S. The predicted octanol–water partition coefficient (Wildman–Crippen LogP) is 2.30. The zero-order chi connectivity index (χ0) is 16.1. The van der Waals surface area contributed by atoms with Gasteiger partial charge in [-0.3, -0.25) is 20.2 Å². The Bertz CT molecular complexity index is 751. The second kappa shape index (κ2) is 6.59. The Morgan fingerprint density at radius 2 is 1.95 bits per heavy atom. The lowest BCUT2D eigenvalue weighted by Crippen LogP contribution is -2.08. The van der Waals surface area contributed by atoms with Crippen molar-refractivity contribution in [1.82, 2.24) is 4.98 Å². The van der Waals surface area contributed by atoms with Crippen molar-refractivity contribution in [2.75, 3.05) is 5.32 Å². The van der Waals surface area contributed by atoms with Crippen molar-refractivity contribution in [3.63, 3.8) is 0 Å². The summed E-state index contributed by atoms with van der Waals surface area (Å²) in [7, 11) is 0. The van der Waals surface area contributed by atoms with Crippen LogP contribution in [0.3, 0.4) is 0 Å². The summed E-state index contributed by atoms with van der Waals surface area (Å²) in [5.41, 5.74) is 1.20. The molecule has 0 saturated carbocycles. The first kappa shape index (κ1) is 15.3. The molecule has 1 aromatic heterocycles. The molecule has 112 valence electrons. The summed E-state index contributed by atoms with van der Waals surface area (Å²) in [6, 6.07) is 5.84. The molecule has 0 aliphatic heterocycles. The molecule has 0 unspecified atom stereocenters. The average molecular weight is 319 g/mol. The van der Waals surface area contributed by atoms with Crippen molar-refractivity contribution in [3.8, 4) is 11.3 Å². The first-order valence-electron chi connectivity index (χ1n) is 5.88. The Balaban J connectivity index is 2.09. The Kier molecular flexibility index (Phi) is 4.59. The largest absolute Gasteiger partial charge is 0.478 e. The number of nitro benzene ring substituents is 1. The van der Waals surface area contributed by atoms with Gasteiger partial charge >= 0.3 is 5.97 Å². The minimum absolute atomic E-state index is 0.0219. The number of rotatable bonds is 5. The Labute approximate surface area is 127 Å². The molecule has 22 heavy (non-hydrogen) atoms. The van der Waals surface area contributed by atoms with E-state index in [1.165, 1.54) is 12.1 Å². The summed E-state index contributed by atoms with van der Waals surface area (Å²) in [4.78, 5) is 35.9. The molecule has 0 bridgehead atoms. The van der Waals surface area contributed by atoms with Crippen LogP contribution >= 0.6 is 11.3 Å². The molecule has 1 heterocycles. The van der Waals surface area contributed by atoms with Crippen molar-refractivity contribution < 1.29 is 19.6 Å². The quantitative estimate of drug-likeness (QED) is 0.495. The zero-order valence-electron chi connectivity index (χ0n) is 10.9. The smallest absolute Gasteiger partial charge is 0.328 e. The van der Waals surface area contributed by atoms with E-state index in [-0.39, 0.29) is 5.69 Å². The maximum Gasteiger partial charge on any atom is 0.328 e. The molecule has 0 atom stereocenters. The number of carboxylic acids is 1. The number of carbonyl (C=O) groups is 2. The van der Waals surface area contributed by atoms with E-state index in [9.17, 15) is 19.7 Å². The normalized spacial score (nSPS) is 10.5. The molecule has 8 nitrogen and oxygen atoms in total. The highest BCUT2D eigenvalue weighted by atomic mass is 32.1. The van der Waals surface area contributed by atoms with Crippen LogP contribution in [0.1, 0.15) is 0 Å². The standard InChI is InChI=1S/C13H9N3O5S/c17-11(5-6-12(18)19)15-13-14-10(7-22-13)8-1-3-9(4-2-8)16(20)21/h1-7H,(H,18,19)(H,14,15,17). The number of anilines is 1. The van der Waals surface area contributed by atoms with E-state index in [4.69, 9.17) is 5.11 Å². The first-order valence-corrected chi connectivity index (χ1v) is 6.76. The zero-order valence-corrected chi connectivity index (χ0v) is 11.7. The minimum Gasteiger partial charge on any atom is -0.478 e. The summed E-state index contributed by atoms with van der Waals surface area (Å²) in [6.45, 7) is 0. The lowest BCUT2D eigenvalue weighted by Gasteiger charge is -1.97. The number of carboxylic acid groups (broad SMARTS) is 1. The van der Waals surface area contributed by atoms with Crippen molar-refractivity contribution in [2.45, 2.75) is 0 Å². The van der Waals surface area contributed by atoms with Gasteiger partial charge in [0.05, 0.1) is 10.6 Å². The fourth-order valence-electron chi connectivity index (χ4n) is 1.51. The molecule has 0 saturated heterocycles.